The molecule has 2 heterocycles. The lowest BCUT2D eigenvalue weighted by molar-refractivity contribution is 0.0702. The SMILES string of the molecule is O=C(O)c1cnc(N2CCC3(CCCCC3)CC2)s1. The first-order chi connectivity index (χ1) is 9.19. The molecule has 1 N–H and O–H groups in total. The molecule has 1 aromatic rings. The molecule has 104 valence electrons. The third kappa shape index (κ3) is 2.61. The molecule has 1 aliphatic carbocycles. The van der Waals surface area contributed by atoms with Crippen LogP contribution in [0.2, 0.25) is 0 Å². The van der Waals surface area contributed by atoms with Crippen molar-refractivity contribution in [3.05, 3.63) is 11.1 Å². The Kier molecular flexibility index (Phi) is 3.48. The van der Waals surface area contributed by atoms with E-state index in [2.05, 4.69) is 9.88 Å². The van der Waals surface area contributed by atoms with Crippen molar-refractivity contribution in [2.75, 3.05) is 18.0 Å². The Morgan fingerprint density at radius 3 is 2.47 bits per heavy atom. The highest BCUT2D eigenvalue weighted by atomic mass is 32.1. The minimum Gasteiger partial charge on any atom is -0.477 e. The van der Waals surface area contributed by atoms with Crippen LogP contribution in [0.25, 0.3) is 0 Å². The summed E-state index contributed by atoms with van der Waals surface area (Å²) in [5, 5.41) is 9.82. The highest BCUT2D eigenvalue weighted by molar-refractivity contribution is 7.17. The van der Waals surface area contributed by atoms with E-state index in [1.807, 2.05) is 0 Å². The molecule has 0 aromatic carbocycles. The lowest BCUT2D eigenvalue weighted by Gasteiger charge is -2.44. The summed E-state index contributed by atoms with van der Waals surface area (Å²) >= 11 is 1.30. The van der Waals surface area contributed by atoms with E-state index in [9.17, 15) is 4.79 Å². The number of aromatic nitrogens is 1. The fraction of sp³-hybridized carbons (Fsp3) is 0.714. The van der Waals surface area contributed by atoms with Gasteiger partial charge in [0.1, 0.15) is 4.88 Å². The van der Waals surface area contributed by atoms with Gasteiger partial charge in [-0.2, -0.15) is 0 Å². The first-order valence-corrected chi connectivity index (χ1v) is 7.94. The van der Waals surface area contributed by atoms with Gasteiger partial charge in [-0.25, -0.2) is 9.78 Å². The van der Waals surface area contributed by atoms with Crippen molar-refractivity contribution in [2.45, 2.75) is 44.9 Å². The van der Waals surface area contributed by atoms with Crippen molar-refractivity contribution >= 4 is 22.4 Å². The second-order valence-electron chi connectivity index (χ2n) is 5.86. The first kappa shape index (κ1) is 12.9. The monoisotopic (exact) mass is 280 g/mol. The van der Waals surface area contributed by atoms with Crippen LogP contribution >= 0.6 is 11.3 Å². The van der Waals surface area contributed by atoms with E-state index in [0.29, 0.717) is 10.3 Å². The van der Waals surface area contributed by atoms with E-state index >= 15 is 0 Å². The lowest BCUT2D eigenvalue weighted by atomic mass is 9.68. The molecule has 1 aromatic heterocycles. The predicted molar refractivity (Wildman–Crippen MR) is 76.0 cm³/mol. The highest BCUT2D eigenvalue weighted by Crippen LogP contribution is 2.45. The maximum Gasteiger partial charge on any atom is 0.347 e. The molecule has 1 saturated heterocycles. The van der Waals surface area contributed by atoms with Gasteiger partial charge in [-0.15, -0.1) is 0 Å². The molecule has 4 nitrogen and oxygen atoms in total. The third-order valence-electron chi connectivity index (χ3n) is 4.71. The van der Waals surface area contributed by atoms with Gasteiger partial charge in [-0.05, 0) is 31.1 Å². The molecule has 5 heteroatoms. The zero-order chi connectivity index (χ0) is 13.3. The Morgan fingerprint density at radius 1 is 1.21 bits per heavy atom. The van der Waals surface area contributed by atoms with Crippen LogP contribution < -0.4 is 4.90 Å². The fourth-order valence-electron chi connectivity index (χ4n) is 3.48. The third-order valence-corrected chi connectivity index (χ3v) is 5.76. The van der Waals surface area contributed by atoms with E-state index in [1.165, 1.54) is 62.5 Å². The second kappa shape index (κ2) is 5.12. The number of hydrogen-bond acceptors (Lipinski definition) is 4. The molecule has 1 saturated carbocycles. The summed E-state index contributed by atoms with van der Waals surface area (Å²) in [7, 11) is 0. The van der Waals surface area contributed by atoms with Crippen molar-refractivity contribution in [3.63, 3.8) is 0 Å². The maximum absolute atomic E-state index is 10.9. The van der Waals surface area contributed by atoms with E-state index in [1.54, 1.807) is 0 Å². The standard InChI is InChI=1S/C14H20N2O2S/c17-12(18)11-10-15-13(19-11)16-8-6-14(7-9-16)4-2-1-3-5-14/h10H,1-9H2,(H,17,18). The highest BCUT2D eigenvalue weighted by Gasteiger charge is 2.36. The summed E-state index contributed by atoms with van der Waals surface area (Å²) in [6, 6.07) is 0. The van der Waals surface area contributed by atoms with Gasteiger partial charge < -0.3 is 10.0 Å². The minimum absolute atomic E-state index is 0.341. The molecule has 2 aliphatic rings. The summed E-state index contributed by atoms with van der Waals surface area (Å²) in [6.07, 6.45) is 10.9. The minimum atomic E-state index is -0.871. The maximum atomic E-state index is 10.9. The largest absolute Gasteiger partial charge is 0.477 e. The normalized spacial score (nSPS) is 22.6. The number of carboxylic acids is 1. The Labute approximate surface area is 117 Å². The van der Waals surface area contributed by atoms with Gasteiger partial charge in [0.2, 0.25) is 0 Å². The van der Waals surface area contributed by atoms with Crippen LogP contribution in [-0.4, -0.2) is 29.1 Å². The predicted octanol–water partition coefficient (Wildman–Crippen LogP) is 3.39. The zero-order valence-electron chi connectivity index (χ0n) is 11.1. The topological polar surface area (TPSA) is 53.4 Å². The number of aromatic carboxylic acids is 1. The molecule has 0 radical (unpaired) electrons. The van der Waals surface area contributed by atoms with Gasteiger partial charge >= 0.3 is 5.97 Å². The van der Waals surface area contributed by atoms with Crippen LogP contribution in [0.4, 0.5) is 5.13 Å². The fourth-order valence-corrected chi connectivity index (χ4v) is 4.29. The molecule has 0 amide bonds. The van der Waals surface area contributed by atoms with Crippen LogP contribution in [0, 0.1) is 5.41 Å². The van der Waals surface area contributed by atoms with Gasteiger partial charge in [0.25, 0.3) is 0 Å². The molecule has 19 heavy (non-hydrogen) atoms. The molecular formula is C14H20N2O2S. The first-order valence-electron chi connectivity index (χ1n) is 7.13. The quantitative estimate of drug-likeness (QED) is 0.902. The zero-order valence-corrected chi connectivity index (χ0v) is 11.9. The summed E-state index contributed by atoms with van der Waals surface area (Å²) in [5.41, 5.74) is 0.585. The van der Waals surface area contributed by atoms with Crippen LogP contribution in [0.5, 0.6) is 0 Å². The van der Waals surface area contributed by atoms with Gasteiger partial charge in [0.05, 0.1) is 6.20 Å². The van der Waals surface area contributed by atoms with Gasteiger partial charge in [0.15, 0.2) is 5.13 Å². The molecule has 3 rings (SSSR count). The number of thiazole rings is 1. The van der Waals surface area contributed by atoms with Crippen molar-refractivity contribution in [1.82, 2.24) is 4.98 Å². The molecule has 2 fully saturated rings. The number of piperidine rings is 1. The summed E-state index contributed by atoms with van der Waals surface area (Å²) < 4.78 is 0. The van der Waals surface area contributed by atoms with Crippen LogP contribution in [-0.2, 0) is 0 Å². The Balaban J connectivity index is 1.64. The molecule has 0 atom stereocenters. The molecule has 1 spiro atoms. The average Bonchev–Trinajstić information content (AvgIpc) is 2.90. The molecule has 0 unspecified atom stereocenters. The van der Waals surface area contributed by atoms with E-state index in [0.717, 1.165) is 18.2 Å². The molecule has 0 bridgehead atoms. The Hall–Kier alpha value is -1.10. The molecule has 1 aliphatic heterocycles. The van der Waals surface area contributed by atoms with E-state index in [4.69, 9.17) is 5.11 Å². The Bertz CT molecular complexity index is 456. The van der Waals surface area contributed by atoms with Crippen molar-refractivity contribution in [2.24, 2.45) is 5.41 Å². The Morgan fingerprint density at radius 2 is 1.89 bits per heavy atom. The van der Waals surface area contributed by atoms with Crippen molar-refractivity contribution in [1.29, 1.82) is 0 Å². The van der Waals surface area contributed by atoms with Crippen molar-refractivity contribution in [3.8, 4) is 0 Å². The van der Waals surface area contributed by atoms with Gasteiger partial charge in [-0.3, -0.25) is 0 Å². The van der Waals surface area contributed by atoms with E-state index < -0.39 is 5.97 Å². The summed E-state index contributed by atoms with van der Waals surface area (Å²) in [4.78, 5) is 17.8. The van der Waals surface area contributed by atoms with Crippen LogP contribution in [0.15, 0.2) is 6.20 Å². The van der Waals surface area contributed by atoms with E-state index in [-0.39, 0.29) is 0 Å². The van der Waals surface area contributed by atoms with Crippen molar-refractivity contribution < 1.29 is 9.90 Å². The number of carbonyl (C=O) groups is 1. The average molecular weight is 280 g/mol. The summed E-state index contributed by atoms with van der Waals surface area (Å²) in [5.74, 6) is -0.871. The van der Waals surface area contributed by atoms with Gasteiger partial charge in [-0.1, -0.05) is 30.6 Å². The van der Waals surface area contributed by atoms with Crippen LogP contribution in [0.1, 0.15) is 54.6 Å². The van der Waals surface area contributed by atoms with Gasteiger partial charge in [0, 0.05) is 13.1 Å². The second-order valence-corrected chi connectivity index (χ2v) is 6.87. The van der Waals surface area contributed by atoms with Crippen LogP contribution in [0.3, 0.4) is 0 Å². The number of anilines is 1. The number of hydrogen-bond donors (Lipinski definition) is 1. The molecular weight excluding hydrogens is 260 g/mol. The smallest absolute Gasteiger partial charge is 0.347 e. The number of carboxylic acid groups (broad SMARTS) is 1. The lowest BCUT2D eigenvalue weighted by Crippen LogP contribution is -2.41. The number of nitrogens with zero attached hydrogens (tertiary/aromatic N) is 2. The summed E-state index contributed by atoms with van der Waals surface area (Å²) in [6.45, 7) is 2.07. The number of rotatable bonds is 2.